The topological polar surface area (TPSA) is 285 Å². The number of allylic oxidation sites excluding steroid dienone is 2. The minimum Gasteiger partial charge on any atom is -0.379 e. The predicted octanol–water partition coefficient (Wildman–Crippen LogP) is 6.73. The van der Waals surface area contributed by atoms with E-state index < -0.39 is 78.4 Å². The summed E-state index contributed by atoms with van der Waals surface area (Å²) < 4.78 is 60.4. The fraction of sp³-hybridized carbons (Fsp3) is 0.452. The predicted molar refractivity (Wildman–Crippen MR) is 311 cm³/mol. The summed E-state index contributed by atoms with van der Waals surface area (Å²) in [5.41, 5.74) is 7.34. The summed E-state index contributed by atoms with van der Waals surface area (Å²) in [4.78, 5) is 124. The van der Waals surface area contributed by atoms with Gasteiger partial charge in [0.25, 0.3) is 0 Å². The molecule has 0 aliphatic carbocycles. The van der Waals surface area contributed by atoms with Gasteiger partial charge in [0.15, 0.2) is 11.6 Å². The van der Waals surface area contributed by atoms with Crippen LogP contribution in [0.3, 0.4) is 0 Å². The molecule has 3 aliphatic rings. The van der Waals surface area contributed by atoms with Gasteiger partial charge in [0.2, 0.25) is 29.5 Å². The van der Waals surface area contributed by atoms with Crippen molar-refractivity contribution in [2.24, 2.45) is 18.7 Å². The molecule has 5 aromatic rings. The number of rotatable bonds is 30. The lowest BCUT2D eigenvalue weighted by atomic mass is 9.92. The molecule has 454 valence electrons. The monoisotopic (exact) mass is 1190 g/mol. The second-order valence-corrected chi connectivity index (χ2v) is 23.9. The first-order valence-electron chi connectivity index (χ1n) is 28.7. The number of amides is 5. The number of carbonyl (C=O) groups is 7. The van der Waals surface area contributed by atoms with Crippen molar-refractivity contribution in [2.75, 3.05) is 31.3 Å². The van der Waals surface area contributed by atoms with E-state index >= 15 is 0 Å². The van der Waals surface area contributed by atoms with Gasteiger partial charge >= 0.3 is 18.9 Å². The van der Waals surface area contributed by atoms with Gasteiger partial charge in [0.1, 0.15) is 18.7 Å². The molecule has 1 fully saturated rings. The molecule has 0 radical (unpaired) electrons. The lowest BCUT2D eigenvalue weighted by molar-refractivity contribution is -0.136. The van der Waals surface area contributed by atoms with Crippen LogP contribution in [0.25, 0.3) is 16.6 Å². The van der Waals surface area contributed by atoms with Crippen LogP contribution in [0.15, 0.2) is 95.8 Å². The number of benzene rings is 4. The zero-order valence-corrected chi connectivity index (χ0v) is 48.8. The van der Waals surface area contributed by atoms with E-state index in [1.165, 1.54) is 32.2 Å². The van der Waals surface area contributed by atoms with Crippen LogP contribution in [-0.2, 0) is 97.3 Å². The maximum absolute atomic E-state index is 14.5. The van der Waals surface area contributed by atoms with Gasteiger partial charge < -0.3 is 35.0 Å². The average molecular weight is 1200 g/mol. The van der Waals surface area contributed by atoms with E-state index in [0.717, 1.165) is 59.2 Å². The van der Waals surface area contributed by atoms with E-state index in [1.807, 2.05) is 60.7 Å². The number of unbranched alkanes of at least 4 members (excludes halogenated alkanes) is 1. The molecule has 6 N–H and O–H groups in total. The summed E-state index contributed by atoms with van der Waals surface area (Å²) in [5.74, 6) is -3.44. The number of nitrogens with one attached hydrogen (secondary N) is 2. The standard InChI is InChI=1S/C62H73F2N6O14P/c1-38(43-20-22-47(23-21-43)62(63,64)85(79,80)81)32-49(72)34-46-19-18-44-10-6-11-45-35-54(70(57(44)45)60(46)77)59(76)66-50(24-27-55(65)73)39(2)84-36-42-15-13-40(14-16-42)8-4-5-12-48(71)37-83-31-30-82-29-7-9-41-17-25-51-53(33-41)68(3)61(78)69(51)52-26-28-56(74)67-58(52)75/h6,10-11,13-17,20-23,25,32-33,39,46,50,52,54H,4-5,7-9,12,18-19,24,26-31,34-37H2,1-3H3,(H2,65,73)(H,66,76)(H,67,74,75)(H2,79,80,81)/b38-32+/t39-,46-,50+,52?,54+/m1/s1. The number of piperidine rings is 1. The molecule has 1 aromatic heterocycles. The molecular formula is C62H73F2N6O14P. The van der Waals surface area contributed by atoms with Crippen molar-refractivity contribution in [1.82, 2.24) is 19.8 Å². The molecule has 4 aromatic carbocycles. The van der Waals surface area contributed by atoms with Crippen molar-refractivity contribution in [3.8, 4) is 0 Å². The Hall–Kier alpha value is -7.33. The number of imidazole rings is 1. The number of para-hydroxylation sites is 1. The molecule has 1 unspecified atom stereocenters. The summed E-state index contributed by atoms with van der Waals surface area (Å²) in [6, 6.07) is 21.1. The highest BCUT2D eigenvalue weighted by molar-refractivity contribution is 7.52. The third-order valence-electron chi connectivity index (χ3n) is 16.1. The SMILES string of the molecule is C/C(=C\C(=O)C[C@H]1CCc2cccc3c2N(C1=O)[C@H](C(=O)N[C@@H](CCC(N)=O)[C@@H](C)OCc1ccc(CCCCC(=O)COCCOCCCc2ccc4c(c2)n(C)c(=O)n4C2CCC(=O)NC2=O)cc1)C3)c1ccc(C(F)(F)P(=O)(O)O)cc1. The number of ketones is 2. The lowest BCUT2D eigenvalue weighted by Gasteiger charge is -2.31. The summed E-state index contributed by atoms with van der Waals surface area (Å²) in [6.45, 7) is 4.67. The number of carbonyl (C=O) groups excluding carboxylic acids is 7. The minimum absolute atomic E-state index is 0.00600. The number of primary amides is 1. The number of Topliss-reactive ketones (excluding diaryl/α,β-unsaturated/α-hetero) is 1. The maximum atomic E-state index is 14.5. The molecule has 85 heavy (non-hydrogen) atoms. The van der Waals surface area contributed by atoms with Crippen molar-refractivity contribution >= 4 is 71.0 Å². The molecule has 8 rings (SSSR count). The Balaban J connectivity index is 0.742. The number of alkyl halides is 2. The highest BCUT2D eigenvalue weighted by atomic mass is 31.2. The molecule has 0 bridgehead atoms. The number of aromatic nitrogens is 2. The van der Waals surface area contributed by atoms with Crippen molar-refractivity contribution in [3.05, 3.63) is 140 Å². The number of anilines is 1. The average Bonchev–Trinajstić information content (AvgIpc) is 2.15. The molecule has 5 atom stereocenters. The van der Waals surface area contributed by atoms with Gasteiger partial charge in [-0.25, -0.2) is 4.79 Å². The van der Waals surface area contributed by atoms with Crippen LogP contribution < -0.4 is 27.0 Å². The van der Waals surface area contributed by atoms with E-state index in [2.05, 4.69) is 10.6 Å². The Bertz CT molecular complexity index is 3450. The number of ether oxygens (including phenoxy) is 3. The number of nitrogens with two attached hydrogens (primary N) is 1. The highest BCUT2D eigenvalue weighted by Gasteiger charge is 2.50. The Morgan fingerprint density at radius 1 is 0.847 bits per heavy atom. The number of nitrogens with zero attached hydrogens (tertiary/aromatic N) is 3. The normalized spacial score (nSPS) is 18.0. The fourth-order valence-corrected chi connectivity index (χ4v) is 11.8. The number of imide groups is 1. The van der Waals surface area contributed by atoms with Crippen LogP contribution in [0.5, 0.6) is 0 Å². The van der Waals surface area contributed by atoms with E-state index in [9.17, 15) is 51.7 Å². The van der Waals surface area contributed by atoms with Gasteiger partial charge in [-0.05, 0) is 129 Å². The molecule has 20 nitrogen and oxygen atoms in total. The molecular weight excluding hydrogens is 1120 g/mol. The van der Waals surface area contributed by atoms with Crippen molar-refractivity contribution < 1.29 is 70.9 Å². The summed E-state index contributed by atoms with van der Waals surface area (Å²) in [6.07, 6.45) is 6.16. The second kappa shape index (κ2) is 28.2. The maximum Gasteiger partial charge on any atom is 0.399 e. The van der Waals surface area contributed by atoms with E-state index in [-0.39, 0.29) is 75.7 Å². The largest absolute Gasteiger partial charge is 0.399 e. The van der Waals surface area contributed by atoms with E-state index in [4.69, 9.17) is 29.7 Å². The number of aryl methyl sites for hydroxylation is 4. The second-order valence-electron chi connectivity index (χ2n) is 22.2. The number of halogens is 2. The number of hydrogen-bond acceptors (Lipinski definition) is 12. The van der Waals surface area contributed by atoms with Crippen LogP contribution in [0.1, 0.15) is 123 Å². The lowest BCUT2D eigenvalue weighted by Crippen LogP contribution is -2.54. The van der Waals surface area contributed by atoms with E-state index in [0.29, 0.717) is 73.2 Å². The highest BCUT2D eigenvalue weighted by Crippen LogP contribution is 2.59. The Morgan fingerprint density at radius 3 is 2.26 bits per heavy atom. The molecule has 3 aliphatic heterocycles. The van der Waals surface area contributed by atoms with Crippen LogP contribution in [0, 0.1) is 5.92 Å². The minimum atomic E-state index is -5.78. The summed E-state index contributed by atoms with van der Waals surface area (Å²) in [5, 5.41) is 5.38. The molecule has 23 heteroatoms. The van der Waals surface area contributed by atoms with Crippen LogP contribution in [-0.4, -0.2) is 105 Å². The first-order valence-corrected chi connectivity index (χ1v) is 30.3. The van der Waals surface area contributed by atoms with Gasteiger partial charge in [0.05, 0.1) is 48.7 Å². The van der Waals surface area contributed by atoms with Crippen molar-refractivity contribution in [2.45, 2.75) is 140 Å². The zero-order valence-electron chi connectivity index (χ0n) is 47.9. The van der Waals surface area contributed by atoms with Crippen LogP contribution in [0.2, 0.25) is 0 Å². The first-order chi connectivity index (χ1) is 40.5. The smallest absolute Gasteiger partial charge is 0.379 e. The third-order valence-corrected chi connectivity index (χ3v) is 17.1. The molecule has 5 amide bonds. The number of hydrogen-bond donors (Lipinski definition) is 5. The summed E-state index contributed by atoms with van der Waals surface area (Å²) in [7, 11) is -4.11. The van der Waals surface area contributed by atoms with Gasteiger partial charge in [-0.15, -0.1) is 0 Å². The van der Waals surface area contributed by atoms with E-state index in [1.54, 1.807) is 20.9 Å². The Kier molecular flexibility index (Phi) is 21.2. The molecule has 0 spiro atoms. The third kappa shape index (κ3) is 15.8. The molecule has 0 saturated carbocycles. The van der Waals surface area contributed by atoms with Crippen LogP contribution >= 0.6 is 7.60 Å². The van der Waals surface area contributed by atoms with Gasteiger partial charge in [-0.2, -0.15) is 8.78 Å². The molecule has 4 heterocycles. The fourth-order valence-electron chi connectivity index (χ4n) is 11.3. The summed E-state index contributed by atoms with van der Waals surface area (Å²) >= 11 is 0. The first kappa shape index (κ1) is 63.7. The molecule has 1 saturated heterocycles. The Morgan fingerprint density at radius 2 is 1.54 bits per heavy atom. The Labute approximate surface area is 490 Å². The van der Waals surface area contributed by atoms with Crippen molar-refractivity contribution in [3.63, 3.8) is 0 Å². The number of fused-ring (bicyclic) bond motifs is 1. The van der Waals surface area contributed by atoms with Crippen LogP contribution in [0.4, 0.5) is 14.5 Å². The van der Waals surface area contributed by atoms with Crippen molar-refractivity contribution in [1.29, 1.82) is 0 Å². The van der Waals surface area contributed by atoms with Gasteiger partial charge in [-0.1, -0.05) is 72.8 Å². The quantitative estimate of drug-likeness (QED) is 0.0138. The zero-order chi connectivity index (χ0) is 61.2. The van der Waals surface area contributed by atoms with Gasteiger partial charge in [-0.3, -0.25) is 57.5 Å². The van der Waals surface area contributed by atoms with Gasteiger partial charge in [0, 0.05) is 57.2 Å².